The molecular formula is C14H22N2O3. The van der Waals surface area contributed by atoms with Crippen LogP contribution in [0.3, 0.4) is 0 Å². The van der Waals surface area contributed by atoms with Crippen molar-refractivity contribution >= 4 is 5.91 Å². The Kier molecular flexibility index (Phi) is 5.63. The van der Waals surface area contributed by atoms with Crippen LogP contribution in [0.1, 0.15) is 31.9 Å². The molecule has 5 heteroatoms. The summed E-state index contributed by atoms with van der Waals surface area (Å²) in [6.07, 6.45) is 0.317. The van der Waals surface area contributed by atoms with E-state index in [1.165, 1.54) is 0 Å². The van der Waals surface area contributed by atoms with E-state index < -0.39 is 0 Å². The predicted molar refractivity (Wildman–Crippen MR) is 74.4 cm³/mol. The fraction of sp³-hybridized carbons (Fsp3) is 0.500. The lowest BCUT2D eigenvalue weighted by Crippen LogP contribution is -2.31. The monoisotopic (exact) mass is 266 g/mol. The highest BCUT2D eigenvalue weighted by molar-refractivity contribution is 5.77. The SMILES string of the molecule is COc1ccc(C(C)NC(=O)CC(C)N)cc1OC. The molecule has 0 bridgehead atoms. The Labute approximate surface area is 114 Å². The van der Waals surface area contributed by atoms with E-state index in [0.717, 1.165) is 5.56 Å². The second-order valence-corrected chi connectivity index (χ2v) is 4.59. The molecule has 0 spiro atoms. The normalized spacial score (nSPS) is 13.5. The van der Waals surface area contributed by atoms with Gasteiger partial charge in [-0.05, 0) is 31.5 Å². The van der Waals surface area contributed by atoms with Gasteiger partial charge in [0, 0.05) is 12.5 Å². The number of methoxy groups -OCH3 is 2. The number of nitrogens with two attached hydrogens (primary N) is 1. The number of benzene rings is 1. The molecule has 0 aliphatic heterocycles. The van der Waals surface area contributed by atoms with Crippen molar-refractivity contribution < 1.29 is 14.3 Å². The van der Waals surface area contributed by atoms with Crippen molar-refractivity contribution in [2.45, 2.75) is 32.4 Å². The summed E-state index contributed by atoms with van der Waals surface area (Å²) >= 11 is 0. The number of hydrogen-bond acceptors (Lipinski definition) is 4. The van der Waals surface area contributed by atoms with Gasteiger partial charge < -0.3 is 20.5 Å². The summed E-state index contributed by atoms with van der Waals surface area (Å²) in [4.78, 5) is 11.7. The van der Waals surface area contributed by atoms with Crippen LogP contribution in [0, 0.1) is 0 Å². The molecule has 1 aromatic rings. The van der Waals surface area contributed by atoms with E-state index in [1.54, 1.807) is 21.1 Å². The van der Waals surface area contributed by atoms with Gasteiger partial charge in [0.1, 0.15) is 0 Å². The van der Waals surface area contributed by atoms with Crippen molar-refractivity contribution in [1.29, 1.82) is 0 Å². The van der Waals surface area contributed by atoms with Crippen molar-refractivity contribution in [3.63, 3.8) is 0 Å². The van der Waals surface area contributed by atoms with Gasteiger partial charge >= 0.3 is 0 Å². The van der Waals surface area contributed by atoms with E-state index >= 15 is 0 Å². The summed E-state index contributed by atoms with van der Waals surface area (Å²) < 4.78 is 10.4. The number of amides is 1. The molecule has 0 fully saturated rings. The molecular weight excluding hydrogens is 244 g/mol. The number of hydrogen-bond donors (Lipinski definition) is 2. The van der Waals surface area contributed by atoms with E-state index in [9.17, 15) is 4.79 Å². The molecule has 2 atom stereocenters. The minimum absolute atomic E-state index is 0.0581. The zero-order valence-corrected chi connectivity index (χ0v) is 11.9. The molecule has 0 radical (unpaired) electrons. The zero-order valence-electron chi connectivity index (χ0n) is 11.9. The second kappa shape index (κ2) is 6.99. The average molecular weight is 266 g/mol. The summed E-state index contributed by atoms with van der Waals surface area (Å²) in [6.45, 7) is 3.72. The largest absolute Gasteiger partial charge is 0.493 e. The van der Waals surface area contributed by atoms with Crippen molar-refractivity contribution in [3.8, 4) is 11.5 Å². The molecule has 1 amide bonds. The quantitative estimate of drug-likeness (QED) is 0.820. The number of nitrogens with one attached hydrogen (secondary N) is 1. The summed E-state index contributed by atoms with van der Waals surface area (Å²) in [5.74, 6) is 1.26. The number of carbonyl (C=O) groups excluding carboxylic acids is 1. The maximum absolute atomic E-state index is 11.7. The minimum Gasteiger partial charge on any atom is -0.493 e. The van der Waals surface area contributed by atoms with Crippen LogP contribution < -0.4 is 20.5 Å². The topological polar surface area (TPSA) is 73.6 Å². The van der Waals surface area contributed by atoms with E-state index in [1.807, 2.05) is 25.1 Å². The van der Waals surface area contributed by atoms with Gasteiger partial charge in [0.05, 0.1) is 20.3 Å². The Morgan fingerprint density at radius 3 is 2.42 bits per heavy atom. The lowest BCUT2D eigenvalue weighted by Gasteiger charge is -2.17. The van der Waals surface area contributed by atoms with Crippen LogP contribution in [0.15, 0.2) is 18.2 Å². The molecule has 0 aliphatic rings. The number of ether oxygens (including phenoxy) is 2. The third kappa shape index (κ3) is 4.44. The molecule has 1 rings (SSSR count). The molecule has 0 saturated carbocycles. The first-order valence-corrected chi connectivity index (χ1v) is 6.24. The molecule has 0 aliphatic carbocycles. The van der Waals surface area contributed by atoms with Crippen LogP contribution in [0.5, 0.6) is 11.5 Å². The summed E-state index contributed by atoms with van der Waals surface area (Å²) in [5.41, 5.74) is 6.55. The van der Waals surface area contributed by atoms with E-state index in [0.29, 0.717) is 17.9 Å². The standard InChI is InChI=1S/C14H22N2O3/c1-9(15)7-14(17)16-10(2)11-5-6-12(18-3)13(8-11)19-4/h5-6,8-10H,7,15H2,1-4H3,(H,16,17). The van der Waals surface area contributed by atoms with E-state index in [-0.39, 0.29) is 18.0 Å². The van der Waals surface area contributed by atoms with Crippen LogP contribution in [0.4, 0.5) is 0 Å². The maximum Gasteiger partial charge on any atom is 0.222 e. The molecule has 1 aromatic carbocycles. The summed E-state index contributed by atoms with van der Waals surface area (Å²) in [5, 5.41) is 2.90. The first-order valence-electron chi connectivity index (χ1n) is 6.24. The van der Waals surface area contributed by atoms with Gasteiger partial charge in [0.25, 0.3) is 0 Å². The lowest BCUT2D eigenvalue weighted by molar-refractivity contribution is -0.122. The fourth-order valence-corrected chi connectivity index (χ4v) is 1.80. The van der Waals surface area contributed by atoms with Gasteiger partial charge in [0.15, 0.2) is 11.5 Å². The van der Waals surface area contributed by atoms with E-state index in [4.69, 9.17) is 15.2 Å². The fourth-order valence-electron chi connectivity index (χ4n) is 1.80. The summed E-state index contributed by atoms with van der Waals surface area (Å²) in [7, 11) is 3.17. The van der Waals surface area contributed by atoms with Gasteiger partial charge in [-0.15, -0.1) is 0 Å². The van der Waals surface area contributed by atoms with Gasteiger partial charge in [-0.25, -0.2) is 0 Å². The molecule has 2 unspecified atom stereocenters. The number of carbonyl (C=O) groups is 1. The first kappa shape index (κ1) is 15.3. The highest BCUT2D eigenvalue weighted by Crippen LogP contribution is 2.29. The van der Waals surface area contributed by atoms with Crippen molar-refractivity contribution in [2.75, 3.05) is 14.2 Å². The van der Waals surface area contributed by atoms with Crippen molar-refractivity contribution in [2.24, 2.45) is 5.73 Å². The zero-order chi connectivity index (χ0) is 14.4. The third-order valence-electron chi connectivity index (χ3n) is 2.79. The maximum atomic E-state index is 11.7. The third-order valence-corrected chi connectivity index (χ3v) is 2.79. The van der Waals surface area contributed by atoms with Gasteiger partial charge in [-0.3, -0.25) is 4.79 Å². The van der Waals surface area contributed by atoms with Crippen LogP contribution in [-0.4, -0.2) is 26.2 Å². The predicted octanol–water partition coefficient (Wildman–Crippen LogP) is 1.62. The minimum atomic E-state index is -0.141. The van der Waals surface area contributed by atoms with Crippen molar-refractivity contribution in [1.82, 2.24) is 5.32 Å². The van der Waals surface area contributed by atoms with Gasteiger partial charge in [0.2, 0.25) is 5.91 Å². The second-order valence-electron chi connectivity index (χ2n) is 4.59. The van der Waals surface area contributed by atoms with Crippen molar-refractivity contribution in [3.05, 3.63) is 23.8 Å². The van der Waals surface area contributed by atoms with Crippen LogP contribution in [-0.2, 0) is 4.79 Å². The highest BCUT2D eigenvalue weighted by atomic mass is 16.5. The Hall–Kier alpha value is -1.75. The average Bonchev–Trinajstić information content (AvgIpc) is 2.36. The summed E-state index contributed by atoms with van der Waals surface area (Å²) in [6, 6.07) is 5.33. The Bertz CT molecular complexity index is 433. The first-order chi connectivity index (χ1) is 8.97. The highest BCUT2D eigenvalue weighted by Gasteiger charge is 2.13. The Morgan fingerprint density at radius 2 is 1.89 bits per heavy atom. The molecule has 19 heavy (non-hydrogen) atoms. The molecule has 106 valence electrons. The Balaban J connectivity index is 2.77. The van der Waals surface area contributed by atoms with Crippen LogP contribution >= 0.6 is 0 Å². The number of rotatable bonds is 6. The molecule has 0 heterocycles. The van der Waals surface area contributed by atoms with E-state index in [2.05, 4.69) is 5.32 Å². The van der Waals surface area contributed by atoms with Crippen LogP contribution in [0.2, 0.25) is 0 Å². The Morgan fingerprint density at radius 1 is 1.26 bits per heavy atom. The molecule has 3 N–H and O–H groups in total. The van der Waals surface area contributed by atoms with Gasteiger partial charge in [-0.2, -0.15) is 0 Å². The van der Waals surface area contributed by atoms with Crippen LogP contribution in [0.25, 0.3) is 0 Å². The smallest absolute Gasteiger partial charge is 0.222 e. The molecule has 0 saturated heterocycles. The lowest BCUT2D eigenvalue weighted by atomic mass is 10.1. The molecule has 0 aromatic heterocycles. The van der Waals surface area contributed by atoms with Gasteiger partial charge in [-0.1, -0.05) is 6.07 Å². The molecule has 5 nitrogen and oxygen atoms in total.